The fraction of sp³-hybridized carbons (Fsp3) is 0.125. The summed E-state index contributed by atoms with van der Waals surface area (Å²) in [6.07, 6.45) is 3.43. The van der Waals surface area contributed by atoms with Crippen LogP contribution in [-0.2, 0) is 6.54 Å². The van der Waals surface area contributed by atoms with Gasteiger partial charge in [0, 0.05) is 18.1 Å². The minimum Gasteiger partial charge on any atom is -0.349 e. The van der Waals surface area contributed by atoms with E-state index in [1.807, 2.05) is 43.3 Å². The van der Waals surface area contributed by atoms with Crippen LogP contribution in [0.15, 0.2) is 48.8 Å². The number of fused-ring (bicyclic) bond motifs is 1. The molecule has 0 radical (unpaired) electrons. The number of amides is 1. The van der Waals surface area contributed by atoms with Crippen LogP contribution in [0.3, 0.4) is 0 Å². The number of hydrogen-bond donors (Lipinski definition) is 2. The van der Waals surface area contributed by atoms with Gasteiger partial charge in [0.25, 0.3) is 5.91 Å². The predicted octanol–water partition coefficient (Wildman–Crippen LogP) is 2.80. The van der Waals surface area contributed by atoms with Crippen molar-refractivity contribution in [1.29, 1.82) is 0 Å². The molecule has 0 aliphatic rings. The molecular weight excluding hydrogens is 250 g/mol. The first-order valence-corrected chi connectivity index (χ1v) is 6.49. The quantitative estimate of drug-likeness (QED) is 0.765. The highest BCUT2D eigenvalue weighted by atomic mass is 16.1. The summed E-state index contributed by atoms with van der Waals surface area (Å²) in [5.74, 6) is -0.109. The number of benzene rings is 1. The molecular formula is C16H15N3O. The molecule has 2 N–H and O–H groups in total. The van der Waals surface area contributed by atoms with Gasteiger partial charge < -0.3 is 10.3 Å². The van der Waals surface area contributed by atoms with Crippen molar-refractivity contribution in [3.63, 3.8) is 0 Å². The van der Waals surface area contributed by atoms with Gasteiger partial charge in [-0.3, -0.25) is 9.78 Å². The molecule has 4 nitrogen and oxygen atoms in total. The van der Waals surface area contributed by atoms with Crippen molar-refractivity contribution in [2.24, 2.45) is 0 Å². The number of aryl methyl sites for hydroxylation is 1. The average molecular weight is 265 g/mol. The smallest absolute Gasteiger partial charge is 0.267 e. The average Bonchev–Trinajstić information content (AvgIpc) is 2.90. The molecule has 0 bridgehead atoms. The molecule has 3 aromatic rings. The van der Waals surface area contributed by atoms with E-state index in [4.69, 9.17) is 0 Å². The molecule has 0 unspecified atom stereocenters. The summed E-state index contributed by atoms with van der Waals surface area (Å²) in [5, 5.41) is 3.89. The Kier molecular flexibility index (Phi) is 3.21. The number of rotatable bonds is 3. The maximum atomic E-state index is 12.1. The minimum atomic E-state index is -0.109. The minimum absolute atomic E-state index is 0.109. The summed E-state index contributed by atoms with van der Waals surface area (Å²) in [6.45, 7) is 2.56. The molecule has 0 saturated carbocycles. The van der Waals surface area contributed by atoms with Crippen molar-refractivity contribution in [3.8, 4) is 0 Å². The van der Waals surface area contributed by atoms with Crippen LogP contribution in [0.5, 0.6) is 0 Å². The van der Waals surface area contributed by atoms with E-state index in [0.717, 1.165) is 16.5 Å². The zero-order valence-corrected chi connectivity index (χ0v) is 11.2. The van der Waals surface area contributed by atoms with E-state index >= 15 is 0 Å². The third kappa shape index (κ3) is 2.54. The first-order valence-electron chi connectivity index (χ1n) is 6.49. The molecule has 2 heterocycles. The number of aromatic amines is 1. The van der Waals surface area contributed by atoms with E-state index in [-0.39, 0.29) is 5.91 Å². The van der Waals surface area contributed by atoms with E-state index < -0.39 is 0 Å². The molecule has 0 saturated heterocycles. The molecule has 1 amide bonds. The first kappa shape index (κ1) is 12.4. The molecule has 3 rings (SSSR count). The lowest BCUT2D eigenvalue weighted by Crippen LogP contribution is -2.23. The van der Waals surface area contributed by atoms with Gasteiger partial charge in [-0.15, -0.1) is 0 Å². The van der Waals surface area contributed by atoms with Crippen LogP contribution in [0.4, 0.5) is 0 Å². The zero-order chi connectivity index (χ0) is 13.9. The second kappa shape index (κ2) is 5.17. The van der Waals surface area contributed by atoms with E-state index in [0.29, 0.717) is 12.2 Å². The fourth-order valence-electron chi connectivity index (χ4n) is 2.08. The normalized spacial score (nSPS) is 10.7. The number of carbonyl (C=O) groups is 1. The molecule has 1 aromatic carbocycles. The van der Waals surface area contributed by atoms with Gasteiger partial charge in [0.05, 0.1) is 11.7 Å². The van der Waals surface area contributed by atoms with Gasteiger partial charge in [0.2, 0.25) is 0 Å². The summed E-state index contributed by atoms with van der Waals surface area (Å²) in [6, 6.07) is 11.8. The molecule has 0 spiro atoms. The van der Waals surface area contributed by atoms with Crippen LogP contribution in [-0.4, -0.2) is 15.9 Å². The predicted molar refractivity (Wildman–Crippen MR) is 78.4 cm³/mol. The van der Waals surface area contributed by atoms with Crippen molar-refractivity contribution in [1.82, 2.24) is 15.3 Å². The summed E-state index contributed by atoms with van der Waals surface area (Å²) in [4.78, 5) is 19.2. The number of pyridine rings is 1. The molecule has 0 atom stereocenters. The van der Waals surface area contributed by atoms with Gasteiger partial charge in [-0.25, -0.2) is 0 Å². The lowest BCUT2D eigenvalue weighted by molar-refractivity contribution is 0.0947. The number of aromatic nitrogens is 2. The van der Waals surface area contributed by atoms with Crippen LogP contribution in [0.25, 0.3) is 10.9 Å². The van der Waals surface area contributed by atoms with Gasteiger partial charge in [0.15, 0.2) is 0 Å². The van der Waals surface area contributed by atoms with Gasteiger partial charge in [0.1, 0.15) is 5.69 Å². The van der Waals surface area contributed by atoms with Crippen molar-refractivity contribution in [2.45, 2.75) is 13.5 Å². The lowest BCUT2D eigenvalue weighted by atomic mass is 10.1. The lowest BCUT2D eigenvalue weighted by Gasteiger charge is -2.04. The largest absolute Gasteiger partial charge is 0.349 e. The summed E-state index contributed by atoms with van der Waals surface area (Å²) >= 11 is 0. The fourth-order valence-corrected chi connectivity index (χ4v) is 2.08. The van der Waals surface area contributed by atoms with E-state index in [1.165, 1.54) is 5.56 Å². The van der Waals surface area contributed by atoms with Gasteiger partial charge in [-0.05, 0) is 24.6 Å². The first-order chi connectivity index (χ1) is 9.72. The summed E-state index contributed by atoms with van der Waals surface area (Å²) in [5.41, 5.74) is 3.72. The Morgan fingerprint density at radius 2 is 2.05 bits per heavy atom. The van der Waals surface area contributed by atoms with Crippen molar-refractivity contribution in [2.75, 3.05) is 0 Å². The molecule has 20 heavy (non-hydrogen) atoms. The number of nitrogens with one attached hydrogen (secondary N) is 2. The Labute approximate surface area is 116 Å². The van der Waals surface area contributed by atoms with Crippen LogP contribution in [0.2, 0.25) is 0 Å². The standard InChI is InChI=1S/C16H15N3O/c1-11-2-4-12(5-3-11)9-18-16(20)14-8-13-6-7-17-10-15(13)19-14/h2-8,10,19H,9H2,1H3,(H,18,20). The SMILES string of the molecule is Cc1ccc(CNC(=O)c2cc3ccncc3[nH]2)cc1. The Morgan fingerprint density at radius 3 is 2.80 bits per heavy atom. The number of hydrogen-bond acceptors (Lipinski definition) is 2. The van der Waals surface area contributed by atoms with Crippen LogP contribution in [0.1, 0.15) is 21.6 Å². The van der Waals surface area contributed by atoms with Gasteiger partial charge in [-0.2, -0.15) is 0 Å². The van der Waals surface area contributed by atoms with Crippen LogP contribution < -0.4 is 5.32 Å². The third-order valence-electron chi connectivity index (χ3n) is 3.24. The number of H-pyrrole nitrogens is 1. The highest BCUT2D eigenvalue weighted by Gasteiger charge is 2.08. The highest BCUT2D eigenvalue weighted by Crippen LogP contribution is 2.13. The van der Waals surface area contributed by atoms with Gasteiger partial charge in [-0.1, -0.05) is 29.8 Å². The number of nitrogens with zero attached hydrogens (tertiary/aromatic N) is 1. The Balaban J connectivity index is 1.71. The van der Waals surface area contributed by atoms with E-state index in [9.17, 15) is 4.79 Å². The topological polar surface area (TPSA) is 57.8 Å². The van der Waals surface area contributed by atoms with E-state index in [2.05, 4.69) is 15.3 Å². The van der Waals surface area contributed by atoms with Crippen LogP contribution >= 0.6 is 0 Å². The highest BCUT2D eigenvalue weighted by molar-refractivity contribution is 5.97. The van der Waals surface area contributed by atoms with Crippen LogP contribution in [0, 0.1) is 6.92 Å². The van der Waals surface area contributed by atoms with Crippen molar-refractivity contribution in [3.05, 3.63) is 65.6 Å². The molecule has 0 aliphatic heterocycles. The Bertz CT molecular complexity index is 711. The maximum absolute atomic E-state index is 12.1. The van der Waals surface area contributed by atoms with Crippen molar-refractivity contribution >= 4 is 16.8 Å². The molecule has 2 aromatic heterocycles. The van der Waals surface area contributed by atoms with Crippen molar-refractivity contribution < 1.29 is 4.79 Å². The molecule has 4 heteroatoms. The molecule has 0 aliphatic carbocycles. The van der Waals surface area contributed by atoms with E-state index in [1.54, 1.807) is 12.4 Å². The molecule has 0 fully saturated rings. The third-order valence-corrected chi connectivity index (χ3v) is 3.24. The Hall–Kier alpha value is -2.62. The Morgan fingerprint density at radius 1 is 1.25 bits per heavy atom. The number of carbonyl (C=O) groups excluding carboxylic acids is 1. The second-order valence-electron chi connectivity index (χ2n) is 4.81. The summed E-state index contributed by atoms with van der Waals surface area (Å²) < 4.78 is 0. The maximum Gasteiger partial charge on any atom is 0.267 e. The molecule has 100 valence electrons. The summed E-state index contributed by atoms with van der Waals surface area (Å²) in [7, 11) is 0. The van der Waals surface area contributed by atoms with Gasteiger partial charge >= 0.3 is 0 Å². The monoisotopic (exact) mass is 265 g/mol. The second-order valence-corrected chi connectivity index (χ2v) is 4.81. The zero-order valence-electron chi connectivity index (χ0n) is 11.2.